The van der Waals surface area contributed by atoms with E-state index in [0.717, 1.165) is 0 Å². The third-order valence-corrected chi connectivity index (χ3v) is 3.94. The van der Waals surface area contributed by atoms with Crippen LogP contribution in [0, 0.1) is 0 Å². The van der Waals surface area contributed by atoms with Crippen LogP contribution < -0.4 is 0 Å². The molecule has 2 heterocycles. The Kier molecular flexibility index (Phi) is 5.72. The Morgan fingerprint density at radius 2 is 1.45 bits per heavy atom. The highest BCUT2D eigenvalue weighted by Crippen LogP contribution is 2.28. The van der Waals surface area contributed by atoms with E-state index in [1.165, 1.54) is 6.92 Å². The lowest BCUT2D eigenvalue weighted by molar-refractivity contribution is -0.352. The summed E-state index contributed by atoms with van der Waals surface area (Å²) in [7, 11) is 0. The van der Waals surface area contributed by atoms with Crippen LogP contribution in [0.1, 0.15) is 6.92 Å². The van der Waals surface area contributed by atoms with Crippen LogP contribution in [0.25, 0.3) is 0 Å². The van der Waals surface area contributed by atoms with E-state index >= 15 is 0 Å². The summed E-state index contributed by atoms with van der Waals surface area (Å²) in [4.78, 5) is 0. The SMILES string of the molecule is C[C@H]1O[C@H](O[C@@H]2[C@H](O)[C@@H](O)[C@H](O)O[C@@H]2CO)[C@H](O)[C@@H](O)[C@H]1O. The fourth-order valence-electron chi connectivity index (χ4n) is 2.52. The van der Waals surface area contributed by atoms with Gasteiger partial charge in [0.05, 0.1) is 12.7 Å². The molecule has 2 rings (SSSR count). The minimum Gasteiger partial charge on any atom is -0.394 e. The molecular weight excluding hydrogens is 304 g/mol. The lowest BCUT2D eigenvalue weighted by Gasteiger charge is -2.44. The van der Waals surface area contributed by atoms with Crippen LogP contribution >= 0.6 is 0 Å². The molecule has 0 radical (unpaired) electrons. The smallest absolute Gasteiger partial charge is 0.187 e. The van der Waals surface area contributed by atoms with Gasteiger partial charge in [0.25, 0.3) is 0 Å². The number of ether oxygens (including phenoxy) is 3. The summed E-state index contributed by atoms with van der Waals surface area (Å²) >= 11 is 0. The van der Waals surface area contributed by atoms with Gasteiger partial charge in [-0.05, 0) is 6.92 Å². The molecule has 0 aromatic carbocycles. The summed E-state index contributed by atoms with van der Waals surface area (Å²) in [5.41, 5.74) is 0. The molecule has 0 aromatic heterocycles. The number of hydrogen-bond donors (Lipinski definition) is 7. The Morgan fingerprint density at radius 1 is 0.818 bits per heavy atom. The van der Waals surface area contributed by atoms with Crippen LogP contribution in [0.3, 0.4) is 0 Å². The summed E-state index contributed by atoms with van der Waals surface area (Å²) in [5, 5.41) is 67.3. The normalized spacial score (nSPS) is 53.5. The quantitative estimate of drug-likeness (QED) is 0.269. The number of aliphatic hydroxyl groups excluding tert-OH is 7. The zero-order valence-electron chi connectivity index (χ0n) is 11.8. The van der Waals surface area contributed by atoms with Crippen molar-refractivity contribution >= 4 is 0 Å². The Bertz CT molecular complexity index is 366. The molecule has 0 amide bonds. The molecule has 0 unspecified atom stereocenters. The Labute approximate surface area is 126 Å². The highest BCUT2D eigenvalue weighted by Gasteiger charge is 2.49. The minimum absolute atomic E-state index is 0.630. The number of rotatable bonds is 3. The van der Waals surface area contributed by atoms with Crippen molar-refractivity contribution in [1.82, 2.24) is 0 Å². The molecule has 0 saturated carbocycles. The van der Waals surface area contributed by atoms with Crippen molar-refractivity contribution in [3.8, 4) is 0 Å². The molecule has 2 aliphatic heterocycles. The largest absolute Gasteiger partial charge is 0.394 e. The fraction of sp³-hybridized carbons (Fsp3) is 1.00. The van der Waals surface area contributed by atoms with Crippen LogP contribution in [-0.2, 0) is 14.2 Å². The molecule has 130 valence electrons. The first-order chi connectivity index (χ1) is 10.3. The molecule has 10 nitrogen and oxygen atoms in total. The molecular formula is C12H22O10. The van der Waals surface area contributed by atoms with Gasteiger partial charge in [-0.25, -0.2) is 0 Å². The van der Waals surface area contributed by atoms with Gasteiger partial charge in [0, 0.05) is 0 Å². The van der Waals surface area contributed by atoms with Gasteiger partial charge in [-0.1, -0.05) is 0 Å². The van der Waals surface area contributed by atoms with Gasteiger partial charge < -0.3 is 50.0 Å². The zero-order chi connectivity index (χ0) is 16.6. The van der Waals surface area contributed by atoms with Gasteiger partial charge >= 0.3 is 0 Å². The molecule has 10 atom stereocenters. The van der Waals surface area contributed by atoms with E-state index in [9.17, 15) is 35.7 Å². The van der Waals surface area contributed by atoms with E-state index in [0.29, 0.717) is 0 Å². The zero-order valence-corrected chi connectivity index (χ0v) is 11.8. The number of hydrogen-bond acceptors (Lipinski definition) is 10. The topological polar surface area (TPSA) is 169 Å². The molecule has 7 N–H and O–H groups in total. The second kappa shape index (κ2) is 7.01. The second-order valence-electron chi connectivity index (χ2n) is 5.51. The maximum absolute atomic E-state index is 9.93. The van der Waals surface area contributed by atoms with Crippen molar-refractivity contribution in [2.24, 2.45) is 0 Å². The molecule has 2 aliphatic rings. The van der Waals surface area contributed by atoms with E-state index in [4.69, 9.17) is 14.2 Å². The lowest BCUT2D eigenvalue weighted by Crippen LogP contribution is -2.63. The third kappa shape index (κ3) is 3.26. The van der Waals surface area contributed by atoms with Crippen molar-refractivity contribution in [3.63, 3.8) is 0 Å². The molecule has 10 heteroatoms. The monoisotopic (exact) mass is 326 g/mol. The first kappa shape index (κ1) is 17.9. The van der Waals surface area contributed by atoms with Crippen molar-refractivity contribution < 1.29 is 50.0 Å². The average Bonchev–Trinajstić information content (AvgIpc) is 2.50. The first-order valence-electron chi connectivity index (χ1n) is 6.93. The molecule has 0 spiro atoms. The molecule has 0 aliphatic carbocycles. The van der Waals surface area contributed by atoms with Crippen LogP contribution in [0.5, 0.6) is 0 Å². The van der Waals surface area contributed by atoms with Gasteiger partial charge in [0.15, 0.2) is 12.6 Å². The van der Waals surface area contributed by atoms with Crippen molar-refractivity contribution in [3.05, 3.63) is 0 Å². The van der Waals surface area contributed by atoms with Gasteiger partial charge in [-0.15, -0.1) is 0 Å². The van der Waals surface area contributed by atoms with Gasteiger partial charge in [-0.2, -0.15) is 0 Å². The van der Waals surface area contributed by atoms with Gasteiger partial charge in [0.2, 0.25) is 0 Å². The minimum atomic E-state index is -1.70. The van der Waals surface area contributed by atoms with E-state index in [1.54, 1.807) is 0 Å². The predicted octanol–water partition coefficient (Wildman–Crippen LogP) is -4.37. The maximum Gasteiger partial charge on any atom is 0.187 e. The second-order valence-corrected chi connectivity index (χ2v) is 5.51. The molecule has 22 heavy (non-hydrogen) atoms. The maximum atomic E-state index is 9.93. The first-order valence-corrected chi connectivity index (χ1v) is 6.93. The van der Waals surface area contributed by atoms with Crippen LogP contribution in [0.2, 0.25) is 0 Å². The molecule has 2 fully saturated rings. The Balaban J connectivity index is 2.10. The average molecular weight is 326 g/mol. The fourth-order valence-corrected chi connectivity index (χ4v) is 2.52. The van der Waals surface area contributed by atoms with Crippen molar-refractivity contribution in [1.29, 1.82) is 0 Å². The summed E-state index contributed by atoms with van der Waals surface area (Å²) < 4.78 is 15.4. The summed E-state index contributed by atoms with van der Waals surface area (Å²) in [6.07, 6.45) is -14.2. The molecule has 2 saturated heterocycles. The summed E-state index contributed by atoms with van der Waals surface area (Å²) in [5.74, 6) is 0. The summed E-state index contributed by atoms with van der Waals surface area (Å²) in [6.45, 7) is 0.821. The highest BCUT2D eigenvalue weighted by atomic mass is 16.7. The van der Waals surface area contributed by atoms with Crippen LogP contribution in [0.4, 0.5) is 0 Å². The third-order valence-electron chi connectivity index (χ3n) is 3.94. The van der Waals surface area contributed by atoms with E-state index in [-0.39, 0.29) is 0 Å². The Hall–Kier alpha value is -0.400. The Morgan fingerprint density at radius 3 is 2.05 bits per heavy atom. The lowest BCUT2D eigenvalue weighted by atomic mass is 9.97. The molecule has 0 aromatic rings. The van der Waals surface area contributed by atoms with E-state index in [2.05, 4.69) is 0 Å². The van der Waals surface area contributed by atoms with Crippen molar-refractivity contribution in [2.75, 3.05) is 6.61 Å². The standard InChI is InChI=1S/C12H22O10/c1-3-5(14)6(15)9(18)12(20-3)22-10-4(2-13)21-11(19)8(17)7(10)16/h3-19H,2H2,1H3/t3-,4-,5+,6+,7-,8-,9-,10+,11-,12-/m1/s1. The summed E-state index contributed by atoms with van der Waals surface area (Å²) in [6, 6.07) is 0. The predicted molar refractivity (Wildman–Crippen MR) is 67.2 cm³/mol. The van der Waals surface area contributed by atoms with Crippen molar-refractivity contribution in [2.45, 2.75) is 68.3 Å². The molecule has 0 bridgehead atoms. The van der Waals surface area contributed by atoms with Gasteiger partial charge in [-0.3, -0.25) is 0 Å². The highest BCUT2D eigenvalue weighted by molar-refractivity contribution is 4.93. The van der Waals surface area contributed by atoms with Crippen LogP contribution in [0.15, 0.2) is 0 Å². The van der Waals surface area contributed by atoms with E-state index < -0.39 is 68.0 Å². The van der Waals surface area contributed by atoms with E-state index in [1.807, 2.05) is 0 Å². The van der Waals surface area contributed by atoms with Gasteiger partial charge in [0.1, 0.15) is 42.7 Å². The number of aliphatic hydroxyl groups is 7. The van der Waals surface area contributed by atoms with Crippen LogP contribution in [-0.4, -0.2) is 104 Å².